The average Bonchev–Trinajstić information content (AvgIpc) is 3.08. The molecule has 0 unspecified atom stereocenters. The molecule has 0 saturated carbocycles. The number of amides is 1. The molecule has 0 bridgehead atoms. The summed E-state index contributed by atoms with van der Waals surface area (Å²) >= 11 is 4.68. The van der Waals surface area contributed by atoms with Gasteiger partial charge in [-0.2, -0.15) is 0 Å². The lowest BCUT2D eigenvalue weighted by Gasteiger charge is -2.18. The first kappa shape index (κ1) is 17.7. The van der Waals surface area contributed by atoms with Crippen LogP contribution >= 0.6 is 27.7 Å². The maximum atomic E-state index is 12.6. The highest BCUT2D eigenvalue weighted by molar-refractivity contribution is 9.10. The van der Waals surface area contributed by atoms with E-state index in [0.717, 1.165) is 15.6 Å². The Morgan fingerprint density at radius 1 is 1.12 bits per heavy atom. The number of thioether (sulfide) groups is 1. The lowest BCUT2D eigenvalue weighted by Crippen LogP contribution is -2.26. The highest BCUT2D eigenvalue weighted by Gasteiger charge is 2.26. The number of rotatable bonds is 5. The van der Waals surface area contributed by atoms with E-state index in [1.807, 2.05) is 54.6 Å². The van der Waals surface area contributed by atoms with E-state index in [0.29, 0.717) is 11.1 Å². The summed E-state index contributed by atoms with van der Waals surface area (Å²) in [6, 6.07) is 17.2. The van der Waals surface area contributed by atoms with Crippen molar-refractivity contribution in [1.82, 2.24) is 15.1 Å². The monoisotopic (exact) mass is 417 g/mol. The molecule has 25 heavy (non-hydrogen) atoms. The number of nitrogens with zero attached hydrogens (tertiary/aromatic N) is 3. The van der Waals surface area contributed by atoms with Crippen LogP contribution in [0.1, 0.15) is 10.8 Å². The molecule has 3 rings (SSSR count). The predicted molar refractivity (Wildman–Crippen MR) is 101 cm³/mol. The Balaban J connectivity index is 1.87. The quantitative estimate of drug-likeness (QED) is 0.574. The molecule has 3 aromatic rings. The van der Waals surface area contributed by atoms with Gasteiger partial charge in [0.25, 0.3) is 5.22 Å². The van der Waals surface area contributed by atoms with E-state index in [9.17, 15) is 4.79 Å². The van der Waals surface area contributed by atoms with Crippen LogP contribution in [0.2, 0.25) is 0 Å². The summed E-state index contributed by atoms with van der Waals surface area (Å²) in [5.41, 5.74) is 1.72. The lowest BCUT2D eigenvalue weighted by molar-refractivity contribution is -0.128. The normalized spacial score (nSPS) is 12.0. The van der Waals surface area contributed by atoms with Gasteiger partial charge < -0.3 is 9.32 Å². The minimum Gasteiger partial charge on any atom is -0.411 e. The maximum absolute atomic E-state index is 12.6. The van der Waals surface area contributed by atoms with Crippen molar-refractivity contribution in [3.05, 3.63) is 64.6 Å². The van der Waals surface area contributed by atoms with E-state index < -0.39 is 5.25 Å². The maximum Gasteiger partial charge on any atom is 0.277 e. The molecule has 128 valence electrons. The van der Waals surface area contributed by atoms with Crippen LogP contribution in [-0.2, 0) is 4.79 Å². The second kappa shape index (κ2) is 7.84. The van der Waals surface area contributed by atoms with Crippen molar-refractivity contribution in [3.63, 3.8) is 0 Å². The molecule has 0 aliphatic rings. The molecule has 7 heteroatoms. The summed E-state index contributed by atoms with van der Waals surface area (Å²) in [5.74, 6) is 0.395. The molecule has 0 aliphatic carbocycles. The summed E-state index contributed by atoms with van der Waals surface area (Å²) in [5, 5.41) is 8.11. The number of hydrogen-bond acceptors (Lipinski definition) is 5. The van der Waals surface area contributed by atoms with Crippen LogP contribution in [0, 0.1) is 0 Å². The zero-order valence-electron chi connectivity index (χ0n) is 13.7. The van der Waals surface area contributed by atoms with Crippen LogP contribution in [0.4, 0.5) is 0 Å². The summed E-state index contributed by atoms with van der Waals surface area (Å²) < 4.78 is 6.69. The van der Waals surface area contributed by atoms with Gasteiger partial charge in [-0.05, 0) is 35.5 Å². The molecule has 2 aromatic carbocycles. The first-order chi connectivity index (χ1) is 12.0. The van der Waals surface area contributed by atoms with Crippen LogP contribution in [-0.4, -0.2) is 35.1 Å². The molecule has 5 nitrogen and oxygen atoms in total. The van der Waals surface area contributed by atoms with Crippen LogP contribution in [0.5, 0.6) is 0 Å². The summed E-state index contributed by atoms with van der Waals surface area (Å²) in [6.45, 7) is 0. The Kier molecular flexibility index (Phi) is 5.55. The molecular weight excluding hydrogens is 402 g/mol. The van der Waals surface area contributed by atoms with E-state index in [4.69, 9.17) is 4.42 Å². The fraction of sp³-hybridized carbons (Fsp3) is 0.167. The van der Waals surface area contributed by atoms with Gasteiger partial charge in [0.05, 0.1) is 0 Å². The smallest absolute Gasteiger partial charge is 0.277 e. The average molecular weight is 418 g/mol. The minimum absolute atomic E-state index is 0.0293. The van der Waals surface area contributed by atoms with Crippen LogP contribution in [0.3, 0.4) is 0 Å². The van der Waals surface area contributed by atoms with Gasteiger partial charge in [-0.3, -0.25) is 4.79 Å². The first-order valence-corrected chi connectivity index (χ1v) is 9.24. The first-order valence-electron chi connectivity index (χ1n) is 7.57. The molecule has 1 amide bonds. The Morgan fingerprint density at radius 2 is 1.88 bits per heavy atom. The standard InChI is InChI=1S/C18H16BrN3O2S/c1-22(2)17(23)15(12-7-4-3-5-8-12)25-18-21-20-16(24-18)13-9-6-10-14(19)11-13/h3-11,15H,1-2H3/t15-/m1/s1. The van der Waals surface area contributed by atoms with E-state index >= 15 is 0 Å². The molecule has 1 aromatic heterocycles. The van der Waals surface area contributed by atoms with Crippen LogP contribution < -0.4 is 0 Å². The zero-order chi connectivity index (χ0) is 17.8. The van der Waals surface area contributed by atoms with Crippen molar-refractivity contribution in [2.24, 2.45) is 0 Å². The molecule has 1 heterocycles. The minimum atomic E-state index is -0.438. The number of carbonyl (C=O) groups is 1. The molecule has 0 spiro atoms. The summed E-state index contributed by atoms with van der Waals surface area (Å²) in [6.07, 6.45) is 0. The predicted octanol–water partition coefficient (Wildman–Crippen LogP) is 4.42. The molecule has 0 radical (unpaired) electrons. The van der Waals surface area contributed by atoms with Crippen molar-refractivity contribution < 1.29 is 9.21 Å². The molecule has 0 N–H and O–H groups in total. The van der Waals surface area contributed by atoms with Gasteiger partial charge in [-0.25, -0.2) is 0 Å². The van der Waals surface area contributed by atoms with Gasteiger partial charge in [0, 0.05) is 24.1 Å². The van der Waals surface area contributed by atoms with Gasteiger partial charge in [-0.1, -0.05) is 52.3 Å². The van der Waals surface area contributed by atoms with E-state index in [-0.39, 0.29) is 5.91 Å². The highest BCUT2D eigenvalue weighted by atomic mass is 79.9. The third kappa shape index (κ3) is 4.29. The molecular formula is C18H16BrN3O2S. The highest BCUT2D eigenvalue weighted by Crippen LogP contribution is 2.36. The van der Waals surface area contributed by atoms with Gasteiger partial charge in [0.1, 0.15) is 5.25 Å². The van der Waals surface area contributed by atoms with E-state index in [1.165, 1.54) is 11.8 Å². The Hall–Kier alpha value is -2.12. The van der Waals surface area contributed by atoms with Crippen molar-refractivity contribution >= 4 is 33.6 Å². The second-order valence-corrected chi connectivity index (χ2v) is 7.50. The number of likely N-dealkylation sites (N-methyl/N-ethyl adjacent to an activating group) is 1. The molecule has 0 aliphatic heterocycles. The fourth-order valence-electron chi connectivity index (χ4n) is 2.22. The second-order valence-electron chi connectivity index (χ2n) is 5.52. The van der Waals surface area contributed by atoms with Crippen molar-refractivity contribution in [2.45, 2.75) is 10.5 Å². The largest absolute Gasteiger partial charge is 0.411 e. The van der Waals surface area contributed by atoms with Gasteiger partial charge in [0.2, 0.25) is 11.8 Å². The summed E-state index contributed by atoms with van der Waals surface area (Å²) in [4.78, 5) is 14.1. The number of carbonyl (C=O) groups excluding carboxylic acids is 1. The van der Waals surface area contributed by atoms with E-state index in [1.54, 1.807) is 19.0 Å². The zero-order valence-corrected chi connectivity index (χ0v) is 16.1. The van der Waals surface area contributed by atoms with Crippen LogP contribution in [0.15, 0.2) is 68.7 Å². The Morgan fingerprint density at radius 3 is 2.56 bits per heavy atom. The number of hydrogen-bond donors (Lipinski definition) is 0. The third-order valence-electron chi connectivity index (χ3n) is 3.46. The van der Waals surface area contributed by atoms with Gasteiger partial charge >= 0.3 is 0 Å². The van der Waals surface area contributed by atoms with Crippen molar-refractivity contribution in [2.75, 3.05) is 14.1 Å². The number of aromatic nitrogens is 2. The molecule has 0 saturated heterocycles. The topological polar surface area (TPSA) is 59.2 Å². The SMILES string of the molecule is CN(C)C(=O)[C@H](Sc1nnc(-c2cccc(Br)c2)o1)c1ccccc1. The fourth-order valence-corrected chi connectivity index (χ4v) is 3.64. The Bertz CT molecular complexity index is 868. The third-order valence-corrected chi connectivity index (χ3v) is 5.03. The number of benzene rings is 2. The van der Waals surface area contributed by atoms with Crippen LogP contribution in [0.25, 0.3) is 11.5 Å². The lowest BCUT2D eigenvalue weighted by atomic mass is 10.1. The number of halogens is 1. The molecule has 1 atom stereocenters. The van der Waals surface area contributed by atoms with Crippen molar-refractivity contribution in [3.8, 4) is 11.5 Å². The summed E-state index contributed by atoms with van der Waals surface area (Å²) in [7, 11) is 3.47. The van der Waals surface area contributed by atoms with Crippen molar-refractivity contribution in [1.29, 1.82) is 0 Å². The molecule has 0 fully saturated rings. The van der Waals surface area contributed by atoms with Gasteiger partial charge in [-0.15, -0.1) is 10.2 Å². The van der Waals surface area contributed by atoms with Gasteiger partial charge in [0.15, 0.2) is 0 Å². The Labute approximate surface area is 158 Å². The van der Waals surface area contributed by atoms with E-state index in [2.05, 4.69) is 26.1 Å².